The Balaban J connectivity index is 1.88. The molecule has 1 aromatic heterocycles. The Bertz CT molecular complexity index is 433. The Kier molecular flexibility index (Phi) is 4.38. The molecule has 2 N–H and O–H groups in total. The molecule has 0 aliphatic carbocycles. The molecule has 18 heavy (non-hydrogen) atoms. The van der Waals surface area contributed by atoms with Crippen molar-refractivity contribution in [2.75, 3.05) is 18.5 Å². The highest BCUT2D eigenvalue weighted by atomic mass is 35.5. The molecular formula is C12H15ClN2O3. The van der Waals surface area contributed by atoms with E-state index in [1.54, 1.807) is 6.07 Å². The number of carboxylic acid groups (broad SMARTS) is 1. The van der Waals surface area contributed by atoms with Crippen molar-refractivity contribution >= 4 is 23.4 Å². The number of anilines is 1. The van der Waals surface area contributed by atoms with Crippen LogP contribution in [0.2, 0.25) is 5.02 Å². The molecular weight excluding hydrogens is 256 g/mol. The van der Waals surface area contributed by atoms with Gasteiger partial charge in [-0.15, -0.1) is 0 Å². The van der Waals surface area contributed by atoms with E-state index in [-0.39, 0.29) is 10.7 Å². The Morgan fingerprint density at radius 2 is 2.44 bits per heavy atom. The molecule has 2 heterocycles. The number of aromatic carboxylic acids is 1. The van der Waals surface area contributed by atoms with Gasteiger partial charge in [0.05, 0.1) is 11.1 Å². The van der Waals surface area contributed by atoms with Crippen molar-refractivity contribution in [1.29, 1.82) is 0 Å². The van der Waals surface area contributed by atoms with Gasteiger partial charge >= 0.3 is 5.97 Å². The highest BCUT2D eigenvalue weighted by Gasteiger charge is 2.15. The predicted molar refractivity (Wildman–Crippen MR) is 68.3 cm³/mol. The van der Waals surface area contributed by atoms with Crippen LogP contribution < -0.4 is 5.32 Å². The molecule has 1 aliphatic rings. The minimum absolute atomic E-state index is 0.126. The van der Waals surface area contributed by atoms with Crippen LogP contribution in [0.3, 0.4) is 0 Å². The molecule has 0 spiro atoms. The van der Waals surface area contributed by atoms with E-state index in [0.717, 1.165) is 25.9 Å². The van der Waals surface area contributed by atoms with Crippen molar-refractivity contribution in [2.45, 2.75) is 25.4 Å². The van der Waals surface area contributed by atoms with Gasteiger partial charge in [0.25, 0.3) is 0 Å². The second kappa shape index (κ2) is 6.02. The van der Waals surface area contributed by atoms with Gasteiger partial charge in [-0.05, 0) is 31.4 Å². The fourth-order valence-corrected chi connectivity index (χ4v) is 2.11. The number of pyridine rings is 1. The van der Waals surface area contributed by atoms with E-state index in [1.165, 1.54) is 6.07 Å². The number of hydrogen-bond acceptors (Lipinski definition) is 4. The molecule has 1 atom stereocenters. The summed E-state index contributed by atoms with van der Waals surface area (Å²) in [7, 11) is 0. The third kappa shape index (κ3) is 3.34. The van der Waals surface area contributed by atoms with Crippen LogP contribution >= 0.6 is 11.6 Å². The van der Waals surface area contributed by atoms with Crippen molar-refractivity contribution in [3.05, 3.63) is 22.8 Å². The van der Waals surface area contributed by atoms with Gasteiger partial charge < -0.3 is 15.2 Å². The van der Waals surface area contributed by atoms with E-state index in [9.17, 15) is 4.79 Å². The lowest BCUT2D eigenvalue weighted by Gasteiger charge is -2.11. The summed E-state index contributed by atoms with van der Waals surface area (Å²) in [6.07, 6.45) is 3.42. The van der Waals surface area contributed by atoms with E-state index in [4.69, 9.17) is 21.4 Å². The van der Waals surface area contributed by atoms with Gasteiger partial charge in [0.1, 0.15) is 5.82 Å². The maximum atomic E-state index is 10.9. The molecule has 2 rings (SSSR count). The van der Waals surface area contributed by atoms with E-state index >= 15 is 0 Å². The Morgan fingerprint density at radius 1 is 1.61 bits per heavy atom. The molecule has 0 aromatic carbocycles. The molecule has 1 unspecified atom stereocenters. The SMILES string of the molecule is O=C(O)c1nc(NCCC2CCCO2)ccc1Cl. The summed E-state index contributed by atoms with van der Waals surface area (Å²) in [6, 6.07) is 3.21. The number of rotatable bonds is 5. The van der Waals surface area contributed by atoms with E-state index in [2.05, 4.69) is 10.3 Å². The molecule has 1 saturated heterocycles. The smallest absolute Gasteiger partial charge is 0.356 e. The second-order valence-electron chi connectivity index (χ2n) is 4.18. The summed E-state index contributed by atoms with van der Waals surface area (Å²) in [5.74, 6) is -0.599. The average molecular weight is 271 g/mol. The first-order valence-corrected chi connectivity index (χ1v) is 6.30. The highest BCUT2D eigenvalue weighted by molar-refractivity contribution is 6.33. The normalized spacial score (nSPS) is 18.8. The number of aromatic nitrogens is 1. The van der Waals surface area contributed by atoms with Gasteiger partial charge in [-0.3, -0.25) is 0 Å². The fraction of sp³-hybridized carbons (Fsp3) is 0.500. The van der Waals surface area contributed by atoms with Crippen LogP contribution in [0.15, 0.2) is 12.1 Å². The van der Waals surface area contributed by atoms with E-state index in [0.29, 0.717) is 18.5 Å². The molecule has 5 nitrogen and oxygen atoms in total. The number of carboxylic acids is 1. The quantitative estimate of drug-likeness (QED) is 0.860. The van der Waals surface area contributed by atoms with E-state index < -0.39 is 5.97 Å². The largest absolute Gasteiger partial charge is 0.476 e. The number of nitrogens with zero attached hydrogens (tertiary/aromatic N) is 1. The molecule has 0 radical (unpaired) electrons. The van der Waals surface area contributed by atoms with E-state index in [1.807, 2.05) is 0 Å². The summed E-state index contributed by atoms with van der Waals surface area (Å²) in [5.41, 5.74) is -0.126. The van der Waals surface area contributed by atoms with Crippen LogP contribution in [0.25, 0.3) is 0 Å². The van der Waals surface area contributed by atoms with Crippen LogP contribution in [0.1, 0.15) is 29.8 Å². The first-order chi connectivity index (χ1) is 8.66. The van der Waals surface area contributed by atoms with Crippen LogP contribution in [-0.4, -0.2) is 35.3 Å². The standard InChI is InChI=1S/C12H15ClN2O3/c13-9-3-4-10(15-11(9)12(16)17)14-6-5-8-2-1-7-18-8/h3-4,8H,1-2,5-7H2,(H,14,15)(H,16,17). The minimum atomic E-state index is -1.12. The lowest BCUT2D eigenvalue weighted by molar-refractivity contribution is 0.0691. The maximum Gasteiger partial charge on any atom is 0.356 e. The first-order valence-electron chi connectivity index (χ1n) is 5.92. The van der Waals surface area contributed by atoms with Gasteiger partial charge in [-0.2, -0.15) is 0 Å². The Morgan fingerprint density at radius 3 is 3.11 bits per heavy atom. The summed E-state index contributed by atoms with van der Waals surface area (Å²) >= 11 is 5.74. The van der Waals surface area contributed by atoms with Crippen LogP contribution in [0.4, 0.5) is 5.82 Å². The molecule has 0 amide bonds. The van der Waals surface area contributed by atoms with Gasteiger partial charge in [0.2, 0.25) is 0 Å². The second-order valence-corrected chi connectivity index (χ2v) is 4.59. The molecule has 1 aliphatic heterocycles. The summed E-state index contributed by atoms with van der Waals surface area (Å²) in [4.78, 5) is 14.8. The summed E-state index contributed by atoms with van der Waals surface area (Å²) in [6.45, 7) is 1.55. The van der Waals surface area contributed by atoms with Crippen molar-refractivity contribution in [1.82, 2.24) is 4.98 Å². The highest BCUT2D eigenvalue weighted by Crippen LogP contribution is 2.18. The Labute approximate surface area is 110 Å². The number of hydrogen-bond donors (Lipinski definition) is 2. The third-order valence-corrected chi connectivity index (χ3v) is 3.15. The average Bonchev–Trinajstić information content (AvgIpc) is 2.84. The number of carbonyl (C=O) groups is 1. The Hall–Kier alpha value is -1.33. The zero-order valence-corrected chi connectivity index (χ0v) is 10.6. The number of ether oxygens (including phenoxy) is 1. The lowest BCUT2D eigenvalue weighted by Crippen LogP contribution is -2.14. The number of nitrogens with one attached hydrogen (secondary N) is 1. The van der Waals surface area contributed by atoms with Crippen LogP contribution in [0, 0.1) is 0 Å². The monoisotopic (exact) mass is 270 g/mol. The van der Waals surface area contributed by atoms with Crippen molar-refractivity contribution in [3.63, 3.8) is 0 Å². The topological polar surface area (TPSA) is 71.5 Å². The summed E-state index contributed by atoms with van der Waals surface area (Å²) < 4.78 is 5.50. The van der Waals surface area contributed by atoms with Gasteiger partial charge in [-0.1, -0.05) is 11.6 Å². The fourth-order valence-electron chi connectivity index (χ4n) is 1.92. The van der Waals surface area contributed by atoms with Crippen molar-refractivity contribution < 1.29 is 14.6 Å². The van der Waals surface area contributed by atoms with Gasteiger partial charge in [0, 0.05) is 13.2 Å². The summed E-state index contributed by atoms with van der Waals surface area (Å²) in [5, 5.41) is 12.1. The van der Waals surface area contributed by atoms with Crippen molar-refractivity contribution in [3.8, 4) is 0 Å². The van der Waals surface area contributed by atoms with Crippen LogP contribution in [-0.2, 0) is 4.74 Å². The van der Waals surface area contributed by atoms with Crippen LogP contribution in [0.5, 0.6) is 0 Å². The number of halogens is 1. The zero-order chi connectivity index (χ0) is 13.0. The third-order valence-electron chi connectivity index (χ3n) is 2.85. The molecule has 1 aromatic rings. The first kappa shape index (κ1) is 13.1. The van der Waals surface area contributed by atoms with Gasteiger partial charge in [-0.25, -0.2) is 9.78 Å². The maximum absolute atomic E-state index is 10.9. The van der Waals surface area contributed by atoms with Gasteiger partial charge in [0.15, 0.2) is 5.69 Å². The minimum Gasteiger partial charge on any atom is -0.476 e. The zero-order valence-electron chi connectivity index (χ0n) is 9.86. The van der Waals surface area contributed by atoms with Crippen molar-refractivity contribution in [2.24, 2.45) is 0 Å². The molecule has 0 saturated carbocycles. The lowest BCUT2D eigenvalue weighted by atomic mass is 10.2. The molecule has 98 valence electrons. The predicted octanol–water partition coefficient (Wildman–Crippen LogP) is 2.41. The molecule has 0 bridgehead atoms. The molecule has 6 heteroatoms. The molecule has 1 fully saturated rings.